The molecule has 0 aliphatic carbocycles. The van der Waals surface area contributed by atoms with Crippen LogP contribution in [0.3, 0.4) is 0 Å². The van der Waals surface area contributed by atoms with E-state index >= 15 is 0 Å². The van der Waals surface area contributed by atoms with Gasteiger partial charge in [0.1, 0.15) is 0 Å². The second kappa shape index (κ2) is 37.8. The summed E-state index contributed by atoms with van der Waals surface area (Å²) < 4.78 is 24.0. The highest BCUT2D eigenvalue weighted by Crippen LogP contribution is 2.53. The molecule has 354 valence electrons. The summed E-state index contributed by atoms with van der Waals surface area (Å²) in [5.74, 6) is 0. The van der Waals surface area contributed by atoms with Crippen LogP contribution in [0.15, 0.2) is 0 Å². The van der Waals surface area contributed by atoms with Crippen LogP contribution in [-0.2, 0) is 17.7 Å². The number of nitrogens with zero attached hydrogens (tertiary/aromatic N) is 4. The van der Waals surface area contributed by atoms with Crippen LogP contribution in [0.5, 0.6) is 0 Å². The maximum absolute atomic E-state index is 5.93. The normalized spacial score (nSPS) is 14.7. The first kappa shape index (κ1) is 59.5. The molecule has 0 saturated heterocycles. The van der Waals surface area contributed by atoms with Crippen molar-refractivity contribution in [2.24, 2.45) is 0 Å². The lowest BCUT2D eigenvalue weighted by Gasteiger charge is -2.57. The lowest BCUT2D eigenvalue weighted by atomic mass is 9.90. The maximum Gasteiger partial charge on any atom is 0.384 e. The summed E-state index contributed by atoms with van der Waals surface area (Å²) >= 11 is 2.49. The van der Waals surface area contributed by atoms with Gasteiger partial charge >= 0.3 is 18.6 Å². The lowest BCUT2D eigenvalue weighted by molar-refractivity contribution is 0.00977. The Labute approximate surface area is 378 Å². The molecule has 0 saturated carbocycles. The van der Waals surface area contributed by atoms with E-state index in [1.165, 1.54) is 103 Å². The van der Waals surface area contributed by atoms with Crippen molar-refractivity contribution in [2.45, 2.75) is 234 Å². The molecule has 0 aliphatic heterocycles. The zero-order valence-corrected chi connectivity index (χ0v) is 45.0. The highest BCUT2D eigenvalue weighted by Gasteiger charge is 2.52. The molecule has 0 aromatic heterocycles. The summed E-state index contributed by atoms with van der Waals surface area (Å²) in [6, 6.07) is 2.22. The van der Waals surface area contributed by atoms with Gasteiger partial charge in [-0.25, -0.2) is 0 Å². The van der Waals surface area contributed by atoms with Crippen LogP contribution in [0, 0.1) is 0 Å². The van der Waals surface area contributed by atoms with E-state index in [9.17, 15) is 0 Å². The van der Waals surface area contributed by atoms with Crippen molar-refractivity contribution in [3.05, 3.63) is 0 Å². The molecular weight excluding hydrogens is 785 g/mol. The molecule has 0 spiro atoms. The minimum atomic E-state index is -1.10. The molecule has 0 rings (SSSR count). The summed E-state index contributed by atoms with van der Waals surface area (Å²) in [5, 5.41) is 0. The molecule has 2 atom stereocenters. The number of hydrogen-bond acceptors (Lipinski definition) is 9. The van der Waals surface area contributed by atoms with Crippen molar-refractivity contribution in [3.63, 3.8) is 0 Å². The first-order valence-electron chi connectivity index (χ1n) is 25.5. The Morgan fingerprint density at radius 1 is 0.356 bits per heavy atom. The van der Waals surface area contributed by atoms with E-state index in [4.69, 9.17) is 17.7 Å². The summed E-state index contributed by atoms with van der Waals surface area (Å²) in [6.45, 7) is 44.6. The summed E-state index contributed by atoms with van der Waals surface area (Å²) in [5.41, 5.74) is 0. The monoisotopic (exact) mass is 889 g/mol. The van der Waals surface area contributed by atoms with Crippen LogP contribution in [0.4, 0.5) is 0 Å². The van der Waals surface area contributed by atoms with Crippen LogP contribution >= 0.6 is 11.8 Å². The van der Waals surface area contributed by atoms with E-state index in [2.05, 4.69) is 128 Å². The van der Waals surface area contributed by atoms with E-state index in [1.54, 1.807) is 0 Å². The minimum Gasteiger partial charge on any atom is -0.394 e. The standard InChI is InChI=1S/C48H104N4O4SSi2/c1-15-47(45(49(17-3)18-4)50(19-5)20-6,41-37-33-29-31-35-39-43-58(53-25-11)54-26-12)57-48(16-2,46(51(21-7)22-8)52(23-9)24-10)42-38-34-30-32-36-40-44-59(55-27-13)56-28-14/h45-46H,15-44H2,1-14H3. The Kier molecular flexibility index (Phi) is 38.1. The van der Waals surface area contributed by atoms with Gasteiger partial charge in [-0.2, -0.15) is 0 Å². The van der Waals surface area contributed by atoms with Gasteiger partial charge in [-0.1, -0.05) is 146 Å². The number of hydrogen-bond donors (Lipinski definition) is 0. The Hall–Kier alpha value is 0.464. The zero-order chi connectivity index (χ0) is 44.4. The van der Waals surface area contributed by atoms with E-state index in [-0.39, 0.29) is 9.49 Å². The molecule has 8 nitrogen and oxygen atoms in total. The molecule has 0 amide bonds. The molecule has 0 fully saturated rings. The fraction of sp³-hybridized carbons (Fsp3) is 1.00. The van der Waals surface area contributed by atoms with Gasteiger partial charge in [0, 0.05) is 35.9 Å². The van der Waals surface area contributed by atoms with Gasteiger partial charge in [-0.3, -0.25) is 19.6 Å². The van der Waals surface area contributed by atoms with Gasteiger partial charge < -0.3 is 17.7 Å². The molecule has 0 bridgehead atoms. The molecule has 0 heterocycles. The molecule has 0 N–H and O–H groups in total. The van der Waals surface area contributed by atoms with Crippen molar-refractivity contribution in [2.75, 3.05) is 78.8 Å². The predicted molar refractivity (Wildman–Crippen MR) is 265 cm³/mol. The quantitative estimate of drug-likeness (QED) is 0.0338. The highest BCUT2D eigenvalue weighted by atomic mass is 32.2. The van der Waals surface area contributed by atoms with Gasteiger partial charge in [0.25, 0.3) is 0 Å². The number of unbranched alkanes of at least 4 members (excludes halogenated alkanes) is 10. The van der Waals surface area contributed by atoms with Gasteiger partial charge in [-0.05, 0) is 118 Å². The first-order chi connectivity index (χ1) is 28.6. The second-order valence-corrected chi connectivity index (χ2v) is 21.8. The van der Waals surface area contributed by atoms with E-state index in [0.717, 1.165) is 90.9 Å². The Morgan fingerprint density at radius 3 is 0.814 bits per heavy atom. The van der Waals surface area contributed by atoms with Gasteiger partial charge in [-0.15, -0.1) is 11.8 Å². The lowest BCUT2D eigenvalue weighted by Crippen LogP contribution is -2.65. The molecule has 11 heteroatoms. The molecule has 59 heavy (non-hydrogen) atoms. The summed E-state index contributed by atoms with van der Waals surface area (Å²) in [4.78, 5) is 11.4. The molecular formula is C48H104N4O4SSi2. The third kappa shape index (κ3) is 21.8. The highest BCUT2D eigenvalue weighted by molar-refractivity contribution is 8.02. The SMILES string of the molecule is CCO[Si](CCCCCCCCC(CC)(SC(CC)(CCCCCCCC[Si](OCC)OCC)C(N(CC)CC)N(CC)CC)C(N(CC)CC)N(CC)CC)OCC. The molecule has 0 aromatic carbocycles. The fourth-order valence-corrected chi connectivity index (χ4v) is 15.1. The number of rotatable bonds is 44. The first-order valence-corrected chi connectivity index (χ1v) is 29.4. The molecule has 0 aromatic rings. The van der Waals surface area contributed by atoms with Crippen LogP contribution in [-0.4, -0.2) is 139 Å². The van der Waals surface area contributed by atoms with Gasteiger partial charge in [0.05, 0.1) is 12.3 Å². The van der Waals surface area contributed by atoms with Crippen molar-refractivity contribution in [1.29, 1.82) is 0 Å². The largest absolute Gasteiger partial charge is 0.394 e. The van der Waals surface area contributed by atoms with Gasteiger partial charge in [0.2, 0.25) is 0 Å². The average molecular weight is 890 g/mol. The molecule has 0 aliphatic rings. The predicted octanol–water partition coefficient (Wildman–Crippen LogP) is 12.6. The van der Waals surface area contributed by atoms with Crippen LogP contribution in [0.1, 0.15) is 200 Å². The van der Waals surface area contributed by atoms with Crippen LogP contribution in [0.25, 0.3) is 0 Å². The van der Waals surface area contributed by atoms with E-state index in [1.807, 2.05) is 0 Å². The second-order valence-electron chi connectivity index (χ2n) is 16.3. The topological polar surface area (TPSA) is 49.9 Å². The third-order valence-corrected chi connectivity index (χ3v) is 19.0. The molecule has 2 radical (unpaired) electrons. The van der Waals surface area contributed by atoms with Crippen molar-refractivity contribution >= 4 is 30.3 Å². The Balaban J connectivity index is 6.71. The Bertz CT molecular complexity index is 812. The van der Waals surface area contributed by atoms with Crippen molar-refractivity contribution in [3.8, 4) is 0 Å². The van der Waals surface area contributed by atoms with Gasteiger partial charge in [0.15, 0.2) is 0 Å². The number of thioether (sulfide) groups is 1. The van der Waals surface area contributed by atoms with Crippen LogP contribution in [0.2, 0.25) is 12.1 Å². The summed E-state index contributed by atoms with van der Waals surface area (Å²) in [6.07, 6.45) is 21.4. The maximum atomic E-state index is 5.93. The van der Waals surface area contributed by atoms with E-state index < -0.39 is 18.6 Å². The fourth-order valence-electron chi connectivity index (χ4n) is 9.62. The van der Waals surface area contributed by atoms with Crippen LogP contribution < -0.4 is 0 Å². The third-order valence-electron chi connectivity index (χ3n) is 12.9. The average Bonchev–Trinajstić information content (AvgIpc) is 3.25. The minimum absolute atomic E-state index is 0.124. The Morgan fingerprint density at radius 2 is 0.593 bits per heavy atom. The van der Waals surface area contributed by atoms with Crippen molar-refractivity contribution < 1.29 is 17.7 Å². The van der Waals surface area contributed by atoms with Crippen molar-refractivity contribution in [1.82, 2.24) is 19.6 Å². The summed E-state index contributed by atoms with van der Waals surface area (Å²) in [7, 11) is -2.19. The van der Waals surface area contributed by atoms with E-state index in [0.29, 0.717) is 12.3 Å². The zero-order valence-electron chi connectivity index (χ0n) is 42.2. The smallest absolute Gasteiger partial charge is 0.384 e. The molecule has 2 unspecified atom stereocenters.